The van der Waals surface area contributed by atoms with Gasteiger partial charge in [-0.25, -0.2) is 4.98 Å². The second-order valence-electron chi connectivity index (χ2n) is 1.33. The number of thiazole rings is 1. The first-order valence-corrected chi connectivity index (χ1v) is 3.71. The second-order valence-corrected chi connectivity index (χ2v) is 3.44. The average Bonchev–Trinajstić information content (AvgIpc) is 2.14. The van der Waals surface area contributed by atoms with Crippen molar-refractivity contribution >= 4 is 40.1 Å². The first-order valence-electron chi connectivity index (χ1n) is 2.11. The topological polar surface area (TPSA) is 38.9 Å². The summed E-state index contributed by atoms with van der Waals surface area (Å²) in [7, 11) is 0. The maximum atomic E-state index is 5.55. The molecule has 1 aromatic rings. The molecule has 0 aliphatic carbocycles. The summed E-state index contributed by atoms with van der Waals surface area (Å²) in [6, 6.07) is 0. The van der Waals surface area contributed by atoms with Crippen molar-refractivity contribution in [1.82, 2.24) is 4.98 Å². The molecule has 0 atom stereocenters. The summed E-state index contributed by atoms with van der Waals surface area (Å²) >= 11 is 11.5. The van der Waals surface area contributed by atoms with Gasteiger partial charge in [0, 0.05) is 0 Å². The number of halogens is 1. The van der Waals surface area contributed by atoms with Gasteiger partial charge in [-0.15, -0.1) is 0 Å². The summed E-state index contributed by atoms with van der Waals surface area (Å²) in [5, 5.41) is 0.620. The van der Waals surface area contributed by atoms with Crippen LogP contribution in [-0.2, 0) is 0 Å². The lowest BCUT2D eigenvalue weighted by atomic mass is 10.7. The van der Waals surface area contributed by atoms with Crippen LogP contribution in [0.5, 0.6) is 0 Å². The van der Waals surface area contributed by atoms with Crippen LogP contribution in [-0.4, -0.2) is 9.97 Å². The van der Waals surface area contributed by atoms with Crippen LogP contribution in [0, 0.1) is 0 Å². The van der Waals surface area contributed by atoms with E-state index in [0.29, 0.717) is 14.3 Å². The van der Waals surface area contributed by atoms with Crippen LogP contribution in [0.4, 0.5) is 0 Å². The maximum absolute atomic E-state index is 5.55. The minimum atomic E-state index is 0.298. The third-order valence-corrected chi connectivity index (χ3v) is 2.16. The molecule has 2 nitrogen and oxygen atoms in total. The number of nitrogens with two attached hydrogens (primary N) is 1. The van der Waals surface area contributed by atoms with Crippen LogP contribution in [0.3, 0.4) is 0 Å². The van der Waals surface area contributed by atoms with E-state index in [1.165, 1.54) is 17.5 Å². The van der Waals surface area contributed by atoms with Crippen LogP contribution in [0.25, 0.3) is 0 Å². The molecule has 2 N–H and O–H groups in total. The lowest BCUT2D eigenvalue weighted by Crippen LogP contribution is -2.07. The number of aromatic nitrogens is 1. The normalized spacial score (nSPS) is 9.44. The molecule has 0 fully saturated rings. The quantitative estimate of drug-likeness (QED) is 0.662. The van der Waals surface area contributed by atoms with Crippen molar-refractivity contribution in [3.63, 3.8) is 0 Å². The van der Waals surface area contributed by atoms with Crippen LogP contribution in [0.2, 0.25) is 4.34 Å². The molecule has 0 unspecified atom stereocenters. The van der Waals surface area contributed by atoms with Crippen molar-refractivity contribution in [3.05, 3.63) is 15.5 Å². The number of nitrogens with zero attached hydrogens (tertiary/aromatic N) is 1. The minimum absolute atomic E-state index is 0.298. The van der Waals surface area contributed by atoms with Gasteiger partial charge in [-0.3, -0.25) is 0 Å². The van der Waals surface area contributed by atoms with Gasteiger partial charge in [0.15, 0.2) is 5.01 Å². The SMILES string of the molecule is NC(=S)c1ncc(Cl)s1. The zero-order chi connectivity index (χ0) is 6.85. The molecule has 1 rings (SSSR count). The Balaban J connectivity index is 2.98. The molecular formula is C4H3ClN2S2. The predicted molar refractivity (Wildman–Crippen MR) is 43.0 cm³/mol. The molecule has 0 aliphatic rings. The molecule has 0 saturated carbocycles. The van der Waals surface area contributed by atoms with Gasteiger partial charge in [-0.1, -0.05) is 35.2 Å². The summed E-state index contributed by atoms with van der Waals surface area (Å²) in [5.41, 5.74) is 5.25. The van der Waals surface area contributed by atoms with Gasteiger partial charge in [0.05, 0.1) is 6.20 Å². The zero-order valence-electron chi connectivity index (χ0n) is 4.30. The fourth-order valence-electron chi connectivity index (χ4n) is 0.368. The van der Waals surface area contributed by atoms with E-state index in [-0.39, 0.29) is 0 Å². The highest BCUT2D eigenvalue weighted by Crippen LogP contribution is 2.17. The van der Waals surface area contributed by atoms with E-state index in [2.05, 4.69) is 17.2 Å². The summed E-state index contributed by atoms with van der Waals surface area (Å²) in [6.45, 7) is 0. The number of thiocarbonyl (C=S) groups is 1. The van der Waals surface area contributed by atoms with Crippen LogP contribution < -0.4 is 5.73 Å². The van der Waals surface area contributed by atoms with E-state index in [0.717, 1.165) is 0 Å². The Bertz CT molecular complexity index is 232. The van der Waals surface area contributed by atoms with Gasteiger partial charge in [-0.05, 0) is 0 Å². The third-order valence-electron chi connectivity index (χ3n) is 0.688. The van der Waals surface area contributed by atoms with Gasteiger partial charge in [0.25, 0.3) is 0 Å². The predicted octanol–water partition coefficient (Wildman–Crippen LogP) is 1.43. The minimum Gasteiger partial charge on any atom is -0.387 e. The number of rotatable bonds is 1. The van der Waals surface area contributed by atoms with E-state index >= 15 is 0 Å². The largest absolute Gasteiger partial charge is 0.387 e. The van der Waals surface area contributed by atoms with Gasteiger partial charge < -0.3 is 5.73 Å². The molecule has 0 saturated heterocycles. The van der Waals surface area contributed by atoms with Crippen LogP contribution >= 0.6 is 35.2 Å². The lowest BCUT2D eigenvalue weighted by molar-refractivity contribution is 1.39. The standard InChI is InChI=1S/C4H3ClN2S2/c5-2-1-7-4(9-2)3(6)8/h1H,(H2,6,8). The molecule has 9 heavy (non-hydrogen) atoms. The van der Waals surface area contributed by atoms with E-state index in [4.69, 9.17) is 17.3 Å². The van der Waals surface area contributed by atoms with Crippen LogP contribution in [0.15, 0.2) is 6.20 Å². The Morgan fingerprint density at radius 2 is 2.56 bits per heavy atom. The maximum Gasteiger partial charge on any atom is 0.151 e. The van der Waals surface area contributed by atoms with E-state index in [1.807, 2.05) is 0 Å². The van der Waals surface area contributed by atoms with Crippen LogP contribution in [0.1, 0.15) is 5.01 Å². The third kappa shape index (κ3) is 1.61. The zero-order valence-corrected chi connectivity index (χ0v) is 6.69. The molecule has 0 amide bonds. The first-order chi connectivity index (χ1) is 4.20. The second kappa shape index (κ2) is 2.60. The van der Waals surface area contributed by atoms with Crippen molar-refractivity contribution in [3.8, 4) is 0 Å². The molecule has 0 radical (unpaired) electrons. The molecule has 5 heteroatoms. The van der Waals surface area contributed by atoms with E-state index < -0.39 is 0 Å². The molecule has 1 aromatic heterocycles. The summed E-state index contributed by atoms with van der Waals surface area (Å²) in [4.78, 5) is 4.13. The smallest absolute Gasteiger partial charge is 0.151 e. The number of hydrogen-bond acceptors (Lipinski definition) is 3. The van der Waals surface area contributed by atoms with Gasteiger partial charge in [0.2, 0.25) is 0 Å². The highest BCUT2D eigenvalue weighted by atomic mass is 35.5. The molecular weight excluding hydrogens is 176 g/mol. The van der Waals surface area contributed by atoms with Crippen molar-refractivity contribution in [2.45, 2.75) is 0 Å². The van der Waals surface area contributed by atoms with Crippen molar-refractivity contribution in [2.75, 3.05) is 0 Å². The summed E-state index contributed by atoms with van der Waals surface area (Å²) in [5.74, 6) is 0. The van der Waals surface area contributed by atoms with Crippen molar-refractivity contribution in [2.24, 2.45) is 5.73 Å². The Morgan fingerprint density at radius 3 is 2.78 bits per heavy atom. The molecule has 0 bridgehead atoms. The Hall–Kier alpha value is -0.190. The molecule has 48 valence electrons. The Kier molecular flexibility index (Phi) is 2.00. The van der Waals surface area contributed by atoms with Crippen molar-refractivity contribution < 1.29 is 0 Å². The molecule has 0 aliphatic heterocycles. The Labute approximate surface area is 66.7 Å². The highest BCUT2D eigenvalue weighted by molar-refractivity contribution is 7.81. The highest BCUT2D eigenvalue weighted by Gasteiger charge is 2.00. The number of hydrogen-bond donors (Lipinski definition) is 1. The Morgan fingerprint density at radius 1 is 1.89 bits per heavy atom. The van der Waals surface area contributed by atoms with Gasteiger partial charge in [0.1, 0.15) is 9.32 Å². The van der Waals surface area contributed by atoms with Crippen molar-refractivity contribution in [1.29, 1.82) is 0 Å². The lowest BCUT2D eigenvalue weighted by Gasteiger charge is -1.83. The molecule has 1 heterocycles. The molecule has 0 spiro atoms. The van der Waals surface area contributed by atoms with Gasteiger partial charge in [-0.2, -0.15) is 0 Å². The molecule has 0 aromatic carbocycles. The summed E-state index contributed by atoms with van der Waals surface area (Å²) in [6.07, 6.45) is 1.53. The fourth-order valence-corrected chi connectivity index (χ4v) is 1.31. The fraction of sp³-hybridized carbons (Fsp3) is 0. The average molecular weight is 179 g/mol. The van der Waals surface area contributed by atoms with Gasteiger partial charge >= 0.3 is 0 Å². The van der Waals surface area contributed by atoms with E-state index in [9.17, 15) is 0 Å². The van der Waals surface area contributed by atoms with E-state index in [1.54, 1.807) is 0 Å². The summed E-state index contributed by atoms with van der Waals surface area (Å²) < 4.78 is 0.609. The monoisotopic (exact) mass is 178 g/mol. The first kappa shape index (κ1) is 6.92.